The lowest BCUT2D eigenvalue weighted by atomic mass is 10.1. The van der Waals surface area contributed by atoms with Crippen LogP contribution in [-0.4, -0.2) is 40.4 Å². The maximum Gasteiger partial charge on any atom is 0.338 e. The average molecular weight is 401 g/mol. The second-order valence-corrected chi connectivity index (χ2v) is 6.66. The summed E-state index contributed by atoms with van der Waals surface area (Å²) in [4.78, 5) is 41.7. The number of benzene rings is 1. The van der Waals surface area contributed by atoms with Gasteiger partial charge in [-0.3, -0.25) is 9.20 Å². The SMILES string of the molecule is CCOC(=O)c1cc(NC(=O)Cc2cn3ccsc3n2)cc(C(=O)OCC)c1. The number of imidazole rings is 1. The third kappa shape index (κ3) is 4.55. The first-order valence-corrected chi connectivity index (χ1v) is 9.58. The van der Waals surface area contributed by atoms with Crippen molar-refractivity contribution in [2.24, 2.45) is 0 Å². The Hall–Kier alpha value is -3.20. The number of rotatable bonds is 7. The molecule has 0 bridgehead atoms. The summed E-state index contributed by atoms with van der Waals surface area (Å²) in [5.41, 5.74) is 1.24. The summed E-state index contributed by atoms with van der Waals surface area (Å²) >= 11 is 1.48. The molecule has 0 fully saturated rings. The van der Waals surface area contributed by atoms with Crippen LogP contribution in [0.15, 0.2) is 36.0 Å². The van der Waals surface area contributed by atoms with Crippen molar-refractivity contribution in [3.63, 3.8) is 0 Å². The standard InChI is InChI=1S/C19H19N3O5S/c1-3-26-17(24)12-7-13(18(25)27-4-2)9-14(8-12)20-16(23)10-15-11-22-5-6-28-19(22)21-15/h5-9,11H,3-4,10H2,1-2H3,(H,20,23). The van der Waals surface area contributed by atoms with Gasteiger partial charge >= 0.3 is 11.9 Å². The topological polar surface area (TPSA) is 99.0 Å². The van der Waals surface area contributed by atoms with Crippen LogP contribution in [0.2, 0.25) is 0 Å². The lowest BCUT2D eigenvalue weighted by Crippen LogP contribution is -2.16. The van der Waals surface area contributed by atoms with E-state index in [0.717, 1.165) is 4.96 Å². The second kappa shape index (κ2) is 8.66. The minimum Gasteiger partial charge on any atom is -0.462 e. The molecule has 0 spiro atoms. The molecule has 2 heterocycles. The van der Waals surface area contributed by atoms with Gasteiger partial charge in [-0.05, 0) is 32.0 Å². The smallest absolute Gasteiger partial charge is 0.338 e. The normalized spacial score (nSPS) is 10.6. The van der Waals surface area contributed by atoms with Gasteiger partial charge < -0.3 is 14.8 Å². The fourth-order valence-electron chi connectivity index (χ4n) is 2.60. The maximum absolute atomic E-state index is 12.4. The predicted molar refractivity (Wildman–Crippen MR) is 104 cm³/mol. The molecule has 1 N–H and O–H groups in total. The number of hydrogen-bond donors (Lipinski definition) is 1. The van der Waals surface area contributed by atoms with Crippen molar-refractivity contribution in [1.82, 2.24) is 9.38 Å². The number of carbonyl (C=O) groups excluding carboxylic acids is 3. The van der Waals surface area contributed by atoms with Gasteiger partial charge in [0, 0.05) is 23.5 Å². The number of hydrogen-bond acceptors (Lipinski definition) is 7. The molecule has 0 saturated heterocycles. The molecular formula is C19H19N3O5S. The first-order chi connectivity index (χ1) is 13.5. The fourth-order valence-corrected chi connectivity index (χ4v) is 3.31. The molecule has 0 aliphatic heterocycles. The highest BCUT2D eigenvalue weighted by molar-refractivity contribution is 7.15. The van der Waals surface area contributed by atoms with E-state index in [4.69, 9.17) is 9.47 Å². The van der Waals surface area contributed by atoms with Crippen molar-refractivity contribution in [1.29, 1.82) is 0 Å². The fraction of sp³-hybridized carbons (Fsp3) is 0.263. The van der Waals surface area contributed by atoms with Gasteiger partial charge in [0.2, 0.25) is 5.91 Å². The Labute approximate surface area is 165 Å². The van der Waals surface area contributed by atoms with E-state index in [0.29, 0.717) is 11.4 Å². The number of nitrogens with zero attached hydrogens (tertiary/aromatic N) is 2. The predicted octanol–water partition coefficient (Wildman–Crippen LogP) is 2.93. The van der Waals surface area contributed by atoms with Crippen LogP contribution in [0.1, 0.15) is 40.3 Å². The van der Waals surface area contributed by atoms with E-state index in [1.165, 1.54) is 29.5 Å². The molecule has 9 heteroatoms. The van der Waals surface area contributed by atoms with Crippen LogP contribution >= 0.6 is 11.3 Å². The van der Waals surface area contributed by atoms with Gasteiger partial charge in [0.05, 0.1) is 36.5 Å². The molecule has 0 aliphatic rings. The quantitative estimate of drug-likeness (QED) is 0.611. The summed E-state index contributed by atoms with van der Waals surface area (Å²) in [6, 6.07) is 4.31. The van der Waals surface area contributed by atoms with Crippen LogP contribution in [0.3, 0.4) is 0 Å². The van der Waals surface area contributed by atoms with Gasteiger partial charge in [0.15, 0.2) is 4.96 Å². The van der Waals surface area contributed by atoms with Crippen LogP contribution < -0.4 is 5.32 Å². The molecule has 8 nitrogen and oxygen atoms in total. The minimum absolute atomic E-state index is 0.0623. The highest BCUT2D eigenvalue weighted by Crippen LogP contribution is 2.18. The van der Waals surface area contributed by atoms with Crippen molar-refractivity contribution in [3.8, 4) is 0 Å². The van der Waals surface area contributed by atoms with Gasteiger partial charge in [0.1, 0.15) is 0 Å². The molecule has 0 atom stereocenters. The van der Waals surface area contributed by atoms with Crippen molar-refractivity contribution >= 4 is 39.8 Å². The number of carbonyl (C=O) groups is 3. The van der Waals surface area contributed by atoms with Crippen LogP contribution in [0.25, 0.3) is 4.96 Å². The van der Waals surface area contributed by atoms with E-state index in [-0.39, 0.29) is 36.7 Å². The molecule has 2 aromatic heterocycles. The first-order valence-electron chi connectivity index (χ1n) is 8.70. The Balaban J connectivity index is 1.80. The average Bonchev–Trinajstić information content (AvgIpc) is 3.23. The van der Waals surface area contributed by atoms with Gasteiger partial charge in [0.25, 0.3) is 0 Å². The third-order valence-corrected chi connectivity index (χ3v) is 4.49. The highest BCUT2D eigenvalue weighted by Gasteiger charge is 2.16. The summed E-state index contributed by atoms with van der Waals surface area (Å²) in [6.07, 6.45) is 3.71. The monoisotopic (exact) mass is 401 g/mol. The molecule has 28 heavy (non-hydrogen) atoms. The molecule has 0 unspecified atom stereocenters. The zero-order valence-electron chi connectivity index (χ0n) is 15.4. The molecule has 0 saturated carbocycles. The Kier molecular flexibility index (Phi) is 6.05. The number of aromatic nitrogens is 2. The summed E-state index contributed by atoms with van der Waals surface area (Å²) in [6.45, 7) is 3.76. The van der Waals surface area contributed by atoms with Crippen molar-refractivity contribution < 1.29 is 23.9 Å². The van der Waals surface area contributed by atoms with Gasteiger partial charge in [-0.2, -0.15) is 0 Å². The number of fused-ring (bicyclic) bond motifs is 1. The van der Waals surface area contributed by atoms with E-state index >= 15 is 0 Å². The van der Waals surface area contributed by atoms with Gasteiger partial charge in [-0.25, -0.2) is 14.6 Å². The van der Waals surface area contributed by atoms with E-state index in [1.54, 1.807) is 20.0 Å². The lowest BCUT2D eigenvalue weighted by molar-refractivity contribution is -0.115. The summed E-state index contributed by atoms with van der Waals surface area (Å²) in [5.74, 6) is -1.49. The summed E-state index contributed by atoms with van der Waals surface area (Å²) < 4.78 is 11.8. The Morgan fingerprint density at radius 1 is 1.07 bits per heavy atom. The molecule has 0 radical (unpaired) electrons. The van der Waals surface area contributed by atoms with Crippen molar-refractivity contribution in [2.75, 3.05) is 18.5 Å². The molecule has 1 amide bonds. The Bertz CT molecular complexity index is 959. The third-order valence-electron chi connectivity index (χ3n) is 3.72. The Morgan fingerprint density at radius 2 is 1.71 bits per heavy atom. The van der Waals surface area contributed by atoms with E-state index < -0.39 is 11.9 Å². The summed E-state index contributed by atoms with van der Waals surface area (Å²) in [5, 5.41) is 4.61. The second-order valence-electron chi connectivity index (χ2n) is 5.79. The number of amides is 1. The number of thiazole rings is 1. The van der Waals surface area contributed by atoms with Crippen LogP contribution in [0.4, 0.5) is 5.69 Å². The minimum atomic E-state index is -0.585. The number of anilines is 1. The highest BCUT2D eigenvalue weighted by atomic mass is 32.1. The largest absolute Gasteiger partial charge is 0.462 e. The van der Waals surface area contributed by atoms with E-state index in [9.17, 15) is 14.4 Å². The van der Waals surface area contributed by atoms with Crippen molar-refractivity contribution in [2.45, 2.75) is 20.3 Å². The number of ether oxygens (including phenoxy) is 2. The lowest BCUT2D eigenvalue weighted by Gasteiger charge is -2.10. The zero-order valence-corrected chi connectivity index (χ0v) is 16.2. The number of nitrogens with one attached hydrogen (secondary N) is 1. The van der Waals surface area contributed by atoms with Crippen molar-refractivity contribution in [3.05, 3.63) is 52.8 Å². The van der Waals surface area contributed by atoms with Crippen LogP contribution in [0.5, 0.6) is 0 Å². The molecule has 1 aromatic carbocycles. The first kappa shape index (κ1) is 19.6. The summed E-state index contributed by atoms with van der Waals surface area (Å²) in [7, 11) is 0. The molecular weight excluding hydrogens is 382 g/mol. The van der Waals surface area contributed by atoms with Gasteiger partial charge in [-0.15, -0.1) is 11.3 Å². The molecule has 3 rings (SSSR count). The number of esters is 2. The maximum atomic E-state index is 12.4. The van der Waals surface area contributed by atoms with E-state index in [1.807, 2.05) is 16.0 Å². The zero-order chi connectivity index (χ0) is 20.1. The van der Waals surface area contributed by atoms with E-state index in [2.05, 4.69) is 10.3 Å². The van der Waals surface area contributed by atoms with Crippen LogP contribution in [-0.2, 0) is 20.7 Å². The Morgan fingerprint density at radius 3 is 2.29 bits per heavy atom. The molecule has 3 aromatic rings. The van der Waals surface area contributed by atoms with Gasteiger partial charge in [-0.1, -0.05) is 0 Å². The molecule has 0 aliphatic carbocycles. The van der Waals surface area contributed by atoms with Crippen LogP contribution in [0, 0.1) is 0 Å². The molecule has 146 valence electrons.